The first-order valence-corrected chi connectivity index (χ1v) is 5.94. The van der Waals surface area contributed by atoms with Crippen LogP contribution in [0.5, 0.6) is 0 Å². The average molecular weight is 222 g/mol. The molecule has 0 radical (unpaired) electrons. The first-order chi connectivity index (χ1) is 7.10. The first kappa shape index (κ1) is 11.0. The van der Waals surface area contributed by atoms with Crippen molar-refractivity contribution in [1.82, 2.24) is 0 Å². The molecule has 0 N–H and O–H groups in total. The largest absolute Gasteiger partial charge is 0.378 e. The standard InChI is InChI=1S/C13H18OS/c1-10(2)7-11-3-5-12(6-4-11)13(15)8-14-9-13/h3-6,10,15H,7-9H2,1-2H3. The molecule has 1 aromatic rings. The first-order valence-electron chi connectivity index (χ1n) is 5.50. The van der Waals surface area contributed by atoms with E-state index in [2.05, 4.69) is 50.7 Å². The zero-order valence-corrected chi connectivity index (χ0v) is 10.3. The Morgan fingerprint density at radius 3 is 2.27 bits per heavy atom. The van der Waals surface area contributed by atoms with Gasteiger partial charge in [-0.3, -0.25) is 0 Å². The van der Waals surface area contributed by atoms with Gasteiger partial charge in [0.15, 0.2) is 0 Å². The number of thiol groups is 1. The van der Waals surface area contributed by atoms with Gasteiger partial charge in [-0.05, 0) is 23.5 Å². The van der Waals surface area contributed by atoms with E-state index < -0.39 is 0 Å². The summed E-state index contributed by atoms with van der Waals surface area (Å²) in [5.41, 5.74) is 2.69. The van der Waals surface area contributed by atoms with Crippen molar-refractivity contribution in [1.29, 1.82) is 0 Å². The van der Waals surface area contributed by atoms with Crippen LogP contribution in [0.2, 0.25) is 0 Å². The lowest BCUT2D eigenvalue weighted by Crippen LogP contribution is -2.41. The van der Waals surface area contributed by atoms with E-state index >= 15 is 0 Å². The molecule has 1 fully saturated rings. The summed E-state index contributed by atoms with van der Waals surface area (Å²) in [4.78, 5) is 0. The lowest BCUT2D eigenvalue weighted by atomic mass is 9.94. The Kier molecular flexibility index (Phi) is 3.08. The molecule has 0 amide bonds. The summed E-state index contributed by atoms with van der Waals surface area (Å²) in [6, 6.07) is 8.80. The van der Waals surface area contributed by atoms with Crippen LogP contribution >= 0.6 is 12.6 Å². The predicted octanol–water partition coefficient (Wildman–Crippen LogP) is 3.04. The SMILES string of the molecule is CC(C)Cc1ccc(C2(S)COC2)cc1. The Bertz CT molecular complexity index is 325. The second-order valence-corrected chi connectivity index (χ2v) is 5.68. The lowest BCUT2D eigenvalue weighted by Gasteiger charge is -2.37. The van der Waals surface area contributed by atoms with Crippen LogP contribution in [0.15, 0.2) is 24.3 Å². The molecule has 1 saturated heterocycles. The summed E-state index contributed by atoms with van der Waals surface area (Å²) >= 11 is 4.64. The molecule has 2 rings (SSSR count). The molecule has 1 aliphatic heterocycles. The van der Waals surface area contributed by atoms with Crippen molar-refractivity contribution in [3.8, 4) is 0 Å². The van der Waals surface area contributed by atoms with Gasteiger partial charge in [0, 0.05) is 0 Å². The fourth-order valence-electron chi connectivity index (χ4n) is 1.88. The average Bonchev–Trinajstić information content (AvgIpc) is 2.14. The third kappa shape index (κ3) is 2.37. The maximum Gasteiger partial charge on any atom is 0.0844 e. The molecule has 15 heavy (non-hydrogen) atoms. The van der Waals surface area contributed by atoms with Crippen LogP contribution in [0.4, 0.5) is 0 Å². The van der Waals surface area contributed by atoms with Crippen molar-refractivity contribution in [2.75, 3.05) is 13.2 Å². The van der Waals surface area contributed by atoms with Crippen molar-refractivity contribution in [3.05, 3.63) is 35.4 Å². The van der Waals surface area contributed by atoms with Gasteiger partial charge in [0.05, 0.1) is 18.0 Å². The van der Waals surface area contributed by atoms with Crippen molar-refractivity contribution >= 4 is 12.6 Å². The number of hydrogen-bond donors (Lipinski definition) is 1. The van der Waals surface area contributed by atoms with E-state index in [0.717, 1.165) is 19.6 Å². The highest BCUT2D eigenvalue weighted by Crippen LogP contribution is 2.36. The van der Waals surface area contributed by atoms with E-state index in [4.69, 9.17) is 4.74 Å². The normalized spacial score (nSPS) is 18.9. The third-order valence-electron chi connectivity index (χ3n) is 2.82. The molecule has 2 heteroatoms. The number of hydrogen-bond acceptors (Lipinski definition) is 2. The van der Waals surface area contributed by atoms with Gasteiger partial charge >= 0.3 is 0 Å². The van der Waals surface area contributed by atoms with Crippen LogP contribution in [0.3, 0.4) is 0 Å². The maximum absolute atomic E-state index is 5.21. The molecule has 0 aliphatic carbocycles. The second kappa shape index (κ2) is 4.18. The molecule has 0 unspecified atom stereocenters. The minimum Gasteiger partial charge on any atom is -0.378 e. The summed E-state index contributed by atoms with van der Waals surface area (Å²) in [6.45, 7) is 5.96. The van der Waals surface area contributed by atoms with Crippen molar-refractivity contribution in [2.45, 2.75) is 25.0 Å². The molecule has 0 atom stereocenters. The third-order valence-corrected chi connectivity index (χ3v) is 3.33. The van der Waals surface area contributed by atoms with Gasteiger partial charge in [-0.15, -0.1) is 0 Å². The molecule has 1 nitrogen and oxygen atoms in total. The lowest BCUT2D eigenvalue weighted by molar-refractivity contribution is -0.00969. The Morgan fingerprint density at radius 2 is 1.87 bits per heavy atom. The van der Waals surface area contributed by atoms with Gasteiger partial charge in [0.1, 0.15) is 0 Å². The smallest absolute Gasteiger partial charge is 0.0844 e. The molecule has 0 aromatic heterocycles. The fourth-order valence-corrected chi connectivity index (χ4v) is 2.22. The molecule has 82 valence electrons. The topological polar surface area (TPSA) is 9.23 Å². The van der Waals surface area contributed by atoms with Gasteiger partial charge in [0.25, 0.3) is 0 Å². The van der Waals surface area contributed by atoms with E-state index in [-0.39, 0.29) is 4.75 Å². The summed E-state index contributed by atoms with van der Waals surface area (Å²) in [5, 5.41) is 0. The van der Waals surface area contributed by atoms with Crippen molar-refractivity contribution in [3.63, 3.8) is 0 Å². The van der Waals surface area contributed by atoms with E-state index in [0.29, 0.717) is 5.92 Å². The second-order valence-electron chi connectivity index (χ2n) is 4.82. The molecule has 1 heterocycles. The van der Waals surface area contributed by atoms with Crippen LogP contribution < -0.4 is 0 Å². The van der Waals surface area contributed by atoms with Gasteiger partial charge in [0.2, 0.25) is 0 Å². The molecule has 0 bridgehead atoms. The quantitative estimate of drug-likeness (QED) is 0.773. The Hall–Kier alpha value is -0.470. The summed E-state index contributed by atoms with van der Waals surface area (Å²) in [6.07, 6.45) is 1.15. The predicted molar refractivity (Wildman–Crippen MR) is 66.5 cm³/mol. The van der Waals surface area contributed by atoms with Gasteiger partial charge in [-0.25, -0.2) is 0 Å². The zero-order chi connectivity index (χ0) is 10.9. The van der Waals surface area contributed by atoms with Crippen LogP contribution in [-0.4, -0.2) is 13.2 Å². The summed E-state index contributed by atoms with van der Waals surface area (Å²) in [7, 11) is 0. The van der Waals surface area contributed by atoms with E-state index in [1.54, 1.807) is 0 Å². The van der Waals surface area contributed by atoms with Crippen LogP contribution in [0, 0.1) is 5.92 Å². The van der Waals surface area contributed by atoms with E-state index in [1.807, 2.05) is 0 Å². The van der Waals surface area contributed by atoms with Crippen LogP contribution in [0.25, 0.3) is 0 Å². The fraction of sp³-hybridized carbons (Fsp3) is 0.538. The molecule has 0 saturated carbocycles. The monoisotopic (exact) mass is 222 g/mol. The van der Waals surface area contributed by atoms with E-state index in [9.17, 15) is 0 Å². The molecular weight excluding hydrogens is 204 g/mol. The molecule has 0 spiro atoms. The summed E-state index contributed by atoms with van der Waals surface area (Å²) < 4.78 is 5.18. The Labute approximate surface area is 97.2 Å². The maximum atomic E-state index is 5.21. The molecule has 1 aromatic carbocycles. The highest BCUT2D eigenvalue weighted by atomic mass is 32.1. The van der Waals surface area contributed by atoms with Gasteiger partial charge < -0.3 is 4.74 Å². The minimum absolute atomic E-state index is 0.0314. The highest BCUT2D eigenvalue weighted by Gasteiger charge is 2.36. The van der Waals surface area contributed by atoms with Crippen molar-refractivity contribution in [2.24, 2.45) is 5.92 Å². The van der Waals surface area contributed by atoms with Crippen molar-refractivity contribution < 1.29 is 4.74 Å². The van der Waals surface area contributed by atoms with Crippen LogP contribution in [0.1, 0.15) is 25.0 Å². The molecular formula is C13H18OS. The van der Waals surface area contributed by atoms with Gasteiger partial charge in [-0.1, -0.05) is 38.1 Å². The van der Waals surface area contributed by atoms with Gasteiger partial charge in [-0.2, -0.15) is 12.6 Å². The Morgan fingerprint density at radius 1 is 1.27 bits per heavy atom. The number of ether oxygens (including phenoxy) is 1. The Balaban J connectivity index is 2.10. The van der Waals surface area contributed by atoms with E-state index in [1.165, 1.54) is 11.1 Å². The van der Waals surface area contributed by atoms with Crippen LogP contribution in [-0.2, 0) is 15.9 Å². The summed E-state index contributed by atoms with van der Waals surface area (Å²) in [5.74, 6) is 0.716. The molecule has 1 aliphatic rings. The number of rotatable bonds is 3. The zero-order valence-electron chi connectivity index (χ0n) is 9.36. The number of benzene rings is 1. The minimum atomic E-state index is -0.0314. The highest BCUT2D eigenvalue weighted by molar-refractivity contribution is 7.81.